The van der Waals surface area contributed by atoms with Gasteiger partial charge in [0.15, 0.2) is 23.0 Å². The van der Waals surface area contributed by atoms with Crippen molar-refractivity contribution in [3.63, 3.8) is 0 Å². The highest BCUT2D eigenvalue weighted by Crippen LogP contribution is 2.48. The molecule has 122 valence electrons. The van der Waals surface area contributed by atoms with Gasteiger partial charge in [0.2, 0.25) is 19.5 Å². The predicted octanol–water partition coefficient (Wildman–Crippen LogP) is 2.92. The lowest BCUT2D eigenvalue weighted by Gasteiger charge is -2.18. The Bertz CT molecular complexity index is 853. The number of carbonyl (C=O) groups excluding carboxylic acids is 1. The van der Waals surface area contributed by atoms with Gasteiger partial charge in [-0.15, -0.1) is 11.8 Å². The average Bonchev–Trinajstić information content (AvgIpc) is 3.19. The molecule has 0 aromatic heterocycles. The summed E-state index contributed by atoms with van der Waals surface area (Å²) in [7, 11) is 0. The molecule has 1 N–H and O–H groups in total. The molecule has 2 aromatic rings. The molecule has 0 aliphatic carbocycles. The Kier molecular flexibility index (Phi) is 3.02. The van der Waals surface area contributed by atoms with E-state index in [1.807, 2.05) is 30.3 Å². The maximum atomic E-state index is 12.1. The van der Waals surface area contributed by atoms with E-state index in [-0.39, 0.29) is 24.7 Å². The van der Waals surface area contributed by atoms with Crippen LogP contribution >= 0.6 is 11.8 Å². The van der Waals surface area contributed by atoms with Crippen LogP contribution in [0.4, 0.5) is 5.69 Å². The van der Waals surface area contributed by atoms with Crippen molar-refractivity contribution in [1.29, 1.82) is 0 Å². The van der Waals surface area contributed by atoms with Crippen molar-refractivity contribution in [3.8, 4) is 23.0 Å². The molecule has 3 aliphatic rings. The van der Waals surface area contributed by atoms with Gasteiger partial charge >= 0.3 is 0 Å². The number of hydrogen-bond acceptors (Lipinski definition) is 6. The molecule has 7 heteroatoms. The van der Waals surface area contributed by atoms with Crippen LogP contribution in [0, 0.1) is 0 Å². The molecule has 0 saturated carbocycles. The maximum Gasteiger partial charge on any atom is 0.234 e. The van der Waals surface area contributed by atoms with Crippen molar-refractivity contribution in [2.75, 3.05) is 24.7 Å². The fourth-order valence-corrected chi connectivity index (χ4v) is 4.17. The first kappa shape index (κ1) is 13.9. The number of ether oxygens (including phenoxy) is 4. The molecule has 1 unspecified atom stereocenters. The van der Waals surface area contributed by atoms with Crippen LogP contribution in [0.15, 0.2) is 30.3 Å². The van der Waals surface area contributed by atoms with Gasteiger partial charge in [0.1, 0.15) is 0 Å². The summed E-state index contributed by atoms with van der Waals surface area (Å²) in [5, 5.41) is 2.94. The summed E-state index contributed by atoms with van der Waals surface area (Å²) in [5.74, 6) is 3.20. The van der Waals surface area contributed by atoms with Crippen LogP contribution in [-0.2, 0) is 4.79 Å². The predicted molar refractivity (Wildman–Crippen MR) is 88.1 cm³/mol. The van der Waals surface area contributed by atoms with Crippen LogP contribution in [0.2, 0.25) is 0 Å². The molecular weight excluding hydrogens is 330 g/mol. The lowest BCUT2D eigenvalue weighted by atomic mass is 10.0. The van der Waals surface area contributed by atoms with Crippen LogP contribution in [0.3, 0.4) is 0 Å². The van der Waals surface area contributed by atoms with E-state index in [9.17, 15) is 4.79 Å². The van der Waals surface area contributed by atoms with Crippen molar-refractivity contribution in [2.45, 2.75) is 5.25 Å². The third kappa shape index (κ3) is 2.16. The largest absolute Gasteiger partial charge is 0.454 e. The van der Waals surface area contributed by atoms with Gasteiger partial charge in [-0.1, -0.05) is 6.07 Å². The highest BCUT2D eigenvalue weighted by atomic mass is 32.2. The molecule has 3 heterocycles. The first-order chi connectivity index (χ1) is 11.8. The standard InChI is InChI=1S/C17H13NO5S/c19-16-6-24-17(9-1-2-12-13(3-9)21-7-20-12)10-4-14-15(23-8-22-14)5-11(10)18-16/h1-5,17H,6-8H2,(H,18,19). The van der Waals surface area contributed by atoms with E-state index in [4.69, 9.17) is 18.9 Å². The smallest absolute Gasteiger partial charge is 0.234 e. The number of thioether (sulfide) groups is 1. The molecule has 0 spiro atoms. The topological polar surface area (TPSA) is 66.0 Å². The molecule has 0 radical (unpaired) electrons. The van der Waals surface area contributed by atoms with E-state index in [1.54, 1.807) is 11.8 Å². The number of carbonyl (C=O) groups is 1. The minimum absolute atomic E-state index is 0.0112. The molecule has 1 amide bonds. The fraction of sp³-hybridized carbons (Fsp3) is 0.235. The third-order valence-electron chi connectivity index (χ3n) is 4.18. The summed E-state index contributed by atoms with van der Waals surface area (Å²) >= 11 is 1.57. The lowest BCUT2D eigenvalue weighted by molar-refractivity contribution is -0.113. The van der Waals surface area contributed by atoms with Crippen molar-refractivity contribution in [2.24, 2.45) is 0 Å². The van der Waals surface area contributed by atoms with Gasteiger partial charge in [-0.3, -0.25) is 4.79 Å². The van der Waals surface area contributed by atoms with E-state index in [2.05, 4.69) is 5.32 Å². The Labute approximate surface area is 142 Å². The molecule has 2 aromatic carbocycles. The van der Waals surface area contributed by atoms with Gasteiger partial charge in [-0.05, 0) is 29.3 Å². The van der Waals surface area contributed by atoms with Crippen LogP contribution < -0.4 is 24.3 Å². The van der Waals surface area contributed by atoms with Gasteiger partial charge in [0.05, 0.1) is 11.0 Å². The van der Waals surface area contributed by atoms with E-state index in [1.165, 1.54) is 0 Å². The van der Waals surface area contributed by atoms with Gasteiger partial charge in [-0.2, -0.15) is 0 Å². The highest BCUT2D eigenvalue weighted by Gasteiger charge is 2.29. The molecule has 0 fully saturated rings. The number of hydrogen-bond donors (Lipinski definition) is 1. The lowest BCUT2D eigenvalue weighted by Crippen LogP contribution is -2.12. The minimum Gasteiger partial charge on any atom is -0.454 e. The van der Waals surface area contributed by atoms with Gasteiger partial charge in [-0.25, -0.2) is 0 Å². The Morgan fingerprint density at radius 3 is 2.46 bits per heavy atom. The number of fused-ring (bicyclic) bond motifs is 3. The Hall–Kier alpha value is -2.54. The second-order valence-electron chi connectivity index (χ2n) is 5.64. The summed E-state index contributed by atoms with van der Waals surface area (Å²) < 4.78 is 21.8. The van der Waals surface area contributed by atoms with Crippen molar-refractivity contribution >= 4 is 23.4 Å². The summed E-state index contributed by atoms with van der Waals surface area (Å²) in [6.45, 7) is 0.444. The molecule has 5 rings (SSSR count). The number of rotatable bonds is 1. The number of nitrogens with one attached hydrogen (secondary N) is 1. The summed E-state index contributed by atoms with van der Waals surface area (Å²) in [6, 6.07) is 9.68. The number of amides is 1. The molecule has 6 nitrogen and oxygen atoms in total. The molecule has 3 aliphatic heterocycles. The highest BCUT2D eigenvalue weighted by molar-refractivity contribution is 8.00. The summed E-state index contributed by atoms with van der Waals surface area (Å²) in [4.78, 5) is 12.1. The molecule has 24 heavy (non-hydrogen) atoms. The van der Waals surface area contributed by atoms with Gasteiger partial charge in [0, 0.05) is 11.8 Å². The summed E-state index contributed by atoms with van der Waals surface area (Å²) in [5.41, 5.74) is 2.81. The van der Waals surface area contributed by atoms with E-state index in [0.717, 1.165) is 28.3 Å². The van der Waals surface area contributed by atoms with Crippen LogP contribution in [0.25, 0.3) is 0 Å². The van der Waals surface area contributed by atoms with Gasteiger partial charge in [0.25, 0.3) is 0 Å². The van der Waals surface area contributed by atoms with Crippen molar-refractivity contribution in [3.05, 3.63) is 41.5 Å². The minimum atomic E-state index is -0.0247. The van der Waals surface area contributed by atoms with Gasteiger partial charge < -0.3 is 24.3 Å². The van der Waals surface area contributed by atoms with E-state index < -0.39 is 0 Å². The van der Waals surface area contributed by atoms with Crippen molar-refractivity contribution < 1.29 is 23.7 Å². The normalized spacial score (nSPS) is 20.3. The first-order valence-electron chi connectivity index (χ1n) is 7.52. The van der Waals surface area contributed by atoms with Crippen LogP contribution in [-0.4, -0.2) is 25.2 Å². The summed E-state index contributed by atoms with van der Waals surface area (Å²) in [6.07, 6.45) is 0. The maximum absolute atomic E-state index is 12.1. The monoisotopic (exact) mass is 343 g/mol. The second-order valence-corrected chi connectivity index (χ2v) is 6.74. The fourth-order valence-electron chi connectivity index (χ4n) is 3.07. The zero-order chi connectivity index (χ0) is 16.1. The molecule has 0 bridgehead atoms. The van der Waals surface area contributed by atoms with Crippen LogP contribution in [0.5, 0.6) is 23.0 Å². The molecular formula is C17H13NO5S. The SMILES string of the molecule is O=C1CSC(c2ccc3c(c2)OCO3)c2cc3c(cc2N1)OCO3. The Balaban J connectivity index is 1.63. The molecule has 0 saturated heterocycles. The second kappa shape index (κ2) is 5.24. The number of anilines is 1. The zero-order valence-electron chi connectivity index (χ0n) is 12.5. The first-order valence-corrected chi connectivity index (χ1v) is 8.57. The van der Waals surface area contributed by atoms with E-state index in [0.29, 0.717) is 17.3 Å². The van der Waals surface area contributed by atoms with E-state index >= 15 is 0 Å². The third-order valence-corrected chi connectivity index (χ3v) is 5.47. The van der Waals surface area contributed by atoms with Crippen LogP contribution in [0.1, 0.15) is 16.4 Å². The quantitative estimate of drug-likeness (QED) is 0.859. The molecule has 1 atom stereocenters. The zero-order valence-corrected chi connectivity index (χ0v) is 13.4. The van der Waals surface area contributed by atoms with Crippen molar-refractivity contribution in [1.82, 2.24) is 0 Å². The Morgan fingerprint density at radius 2 is 1.62 bits per heavy atom. The average molecular weight is 343 g/mol. The Morgan fingerprint density at radius 1 is 0.917 bits per heavy atom. The number of benzene rings is 2.